The van der Waals surface area contributed by atoms with Crippen LogP contribution in [0.5, 0.6) is 0 Å². The lowest BCUT2D eigenvalue weighted by atomic mass is 10.3. The van der Waals surface area contributed by atoms with E-state index in [-0.39, 0.29) is 5.38 Å². The average Bonchev–Trinajstić information content (AvgIpc) is 2.96. The van der Waals surface area contributed by atoms with Crippen LogP contribution in [0.15, 0.2) is 22.7 Å². The van der Waals surface area contributed by atoms with E-state index in [9.17, 15) is 0 Å². The number of hydrogen-bond acceptors (Lipinski definition) is 3. The molecule has 0 amide bonds. The summed E-state index contributed by atoms with van der Waals surface area (Å²) in [6, 6.07) is 5.41. The number of nitrogens with zero attached hydrogens (tertiary/aromatic N) is 3. The van der Waals surface area contributed by atoms with Crippen LogP contribution in [0.3, 0.4) is 0 Å². The molecule has 0 N–H and O–H groups in total. The maximum atomic E-state index is 6.24. The Morgan fingerprint density at radius 3 is 2.57 bits per heavy atom. The van der Waals surface area contributed by atoms with Crippen LogP contribution in [0.4, 0.5) is 0 Å². The molecule has 2 aromatic heterocycles. The minimum atomic E-state index is -0.251. The Morgan fingerprint density at radius 2 is 1.95 bits per heavy atom. The van der Waals surface area contributed by atoms with Crippen LogP contribution in [-0.2, 0) is 6.54 Å². The van der Waals surface area contributed by atoms with Crippen molar-refractivity contribution in [3.8, 4) is 0 Å². The highest BCUT2D eigenvalue weighted by atomic mass is 35.5. The Labute approximate surface area is 136 Å². The van der Waals surface area contributed by atoms with E-state index in [1.165, 1.54) is 0 Å². The zero-order chi connectivity index (χ0) is 15.1. The largest absolute Gasteiger partial charge is 0.359 e. The SMILES string of the molecule is Cc1cc(Cn2c(C(C)Cl)nc3cc(Cl)c(Cl)cc32)on1. The number of aromatic nitrogens is 3. The highest BCUT2D eigenvalue weighted by Crippen LogP contribution is 2.31. The molecule has 7 heteroatoms. The van der Waals surface area contributed by atoms with Crippen LogP contribution in [0.1, 0.15) is 29.6 Å². The van der Waals surface area contributed by atoms with Crippen LogP contribution in [0.25, 0.3) is 11.0 Å². The number of benzene rings is 1. The van der Waals surface area contributed by atoms with Gasteiger partial charge in [0.1, 0.15) is 5.82 Å². The maximum absolute atomic E-state index is 6.24. The van der Waals surface area contributed by atoms with Gasteiger partial charge in [0, 0.05) is 6.07 Å². The van der Waals surface area contributed by atoms with Crippen molar-refractivity contribution in [3.05, 3.63) is 45.5 Å². The van der Waals surface area contributed by atoms with E-state index in [1.807, 2.05) is 24.5 Å². The Morgan fingerprint density at radius 1 is 1.24 bits per heavy atom. The Kier molecular flexibility index (Phi) is 3.86. The molecule has 0 bridgehead atoms. The van der Waals surface area contributed by atoms with Crippen molar-refractivity contribution >= 4 is 45.8 Å². The number of halogens is 3. The van der Waals surface area contributed by atoms with Crippen molar-refractivity contribution in [2.75, 3.05) is 0 Å². The first-order chi connectivity index (χ1) is 9.95. The lowest BCUT2D eigenvalue weighted by Crippen LogP contribution is -2.05. The van der Waals surface area contributed by atoms with Crippen LogP contribution in [-0.4, -0.2) is 14.7 Å². The molecular formula is C14H12Cl3N3O. The Bertz CT molecular complexity index is 807. The third-order valence-corrected chi connectivity index (χ3v) is 4.08. The first kappa shape index (κ1) is 14.7. The van der Waals surface area contributed by atoms with Gasteiger partial charge in [-0.05, 0) is 26.0 Å². The lowest BCUT2D eigenvalue weighted by molar-refractivity contribution is 0.372. The lowest BCUT2D eigenvalue weighted by Gasteiger charge is -2.08. The number of fused-ring (bicyclic) bond motifs is 1. The first-order valence-corrected chi connectivity index (χ1v) is 7.56. The fraction of sp³-hybridized carbons (Fsp3) is 0.286. The predicted octanol–water partition coefficient (Wildman–Crippen LogP) is 4.99. The van der Waals surface area contributed by atoms with Crippen LogP contribution >= 0.6 is 34.8 Å². The number of alkyl halides is 1. The Balaban J connectivity index is 2.17. The van der Waals surface area contributed by atoms with Crippen molar-refractivity contribution < 1.29 is 4.52 Å². The van der Waals surface area contributed by atoms with Crippen LogP contribution < -0.4 is 0 Å². The van der Waals surface area contributed by atoms with E-state index < -0.39 is 0 Å². The minimum Gasteiger partial charge on any atom is -0.359 e. The number of rotatable bonds is 3. The van der Waals surface area contributed by atoms with Gasteiger partial charge in [0.05, 0.1) is 38.7 Å². The summed E-state index contributed by atoms with van der Waals surface area (Å²) in [5.74, 6) is 1.47. The molecule has 0 aliphatic carbocycles. The molecule has 4 nitrogen and oxygen atoms in total. The fourth-order valence-electron chi connectivity index (χ4n) is 2.26. The van der Waals surface area contributed by atoms with Gasteiger partial charge in [0.2, 0.25) is 0 Å². The highest BCUT2D eigenvalue weighted by Gasteiger charge is 2.18. The molecule has 0 saturated heterocycles. The molecule has 0 aliphatic heterocycles. The second kappa shape index (κ2) is 5.52. The number of hydrogen-bond donors (Lipinski definition) is 0. The van der Waals surface area contributed by atoms with Gasteiger partial charge >= 0.3 is 0 Å². The Hall–Kier alpha value is -1.23. The molecule has 21 heavy (non-hydrogen) atoms. The summed E-state index contributed by atoms with van der Waals surface area (Å²) in [5, 5.41) is 4.59. The molecule has 3 rings (SSSR count). The van der Waals surface area contributed by atoms with Gasteiger partial charge in [0.15, 0.2) is 5.76 Å². The van der Waals surface area contributed by atoms with Crippen molar-refractivity contribution in [2.45, 2.75) is 25.8 Å². The van der Waals surface area contributed by atoms with E-state index in [0.29, 0.717) is 16.6 Å². The quantitative estimate of drug-likeness (QED) is 0.629. The molecule has 0 spiro atoms. The summed E-state index contributed by atoms with van der Waals surface area (Å²) in [6.07, 6.45) is 0. The molecule has 1 atom stereocenters. The smallest absolute Gasteiger partial charge is 0.156 e. The molecule has 1 aromatic carbocycles. The maximum Gasteiger partial charge on any atom is 0.156 e. The molecule has 0 fully saturated rings. The van der Waals surface area contributed by atoms with Gasteiger partial charge in [0.25, 0.3) is 0 Å². The van der Waals surface area contributed by atoms with Gasteiger partial charge in [-0.2, -0.15) is 0 Å². The second-order valence-electron chi connectivity index (χ2n) is 4.86. The molecule has 0 saturated carbocycles. The number of imidazole rings is 1. The molecule has 1 unspecified atom stereocenters. The summed E-state index contributed by atoms with van der Waals surface area (Å²) in [7, 11) is 0. The van der Waals surface area contributed by atoms with Gasteiger partial charge in [-0.3, -0.25) is 0 Å². The standard InChI is InChI=1S/C14H12Cl3N3O/c1-7-3-9(21-19-7)6-20-13-5-11(17)10(16)4-12(13)18-14(20)8(2)15/h3-5,8H,6H2,1-2H3. The molecule has 110 valence electrons. The topological polar surface area (TPSA) is 43.9 Å². The van der Waals surface area contributed by atoms with Crippen molar-refractivity contribution in [1.82, 2.24) is 14.7 Å². The summed E-state index contributed by atoms with van der Waals surface area (Å²) < 4.78 is 7.24. The van der Waals surface area contributed by atoms with Gasteiger partial charge in [-0.15, -0.1) is 11.6 Å². The van der Waals surface area contributed by atoms with Gasteiger partial charge in [-0.25, -0.2) is 4.98 Å². The normalized spacial score (nSPS) is 13.0. The van der Waals surface area contributed by atoms with E-state index in [2.05, 4.69) is 10.1 Å². The molecule has 3 aromatic rings. The molecule has 0 aliphatic rings. The average molecular weight is 345 g/mol. The van der Waals surface area contributed by atoms with Crippen molar-refractivity contribution in [3.63, 3.8) is 0 Å². The van der Waals surface area contributed by atoms with E-state index in [1.54, 1.807) is 12.1 Å². The van der Waals surface area contributed by atoms with E-state index in [0.717, 1.165) is 28.3 Å². The van der Waals surface area contributed by atoms with Crippen molar-refractivity contribution in [2.24, 2.45) is 0 Å². The molecule has 2 heterocycles. The monoisotopic (exact) mass is 343 g/mol. The van der Waals surface area contributed by atoms with E-state index in [4.69, 9.17) is 39.3 Å². The first-order valence-electron chi connectivity index (χ1n) is 6.37. The third-order valence-electron chi connectivity index (χ3n) is 3.17. The highest BCUT2D eigenvalue weighted by molar-refractivity contribution is 6.42. The molecular weight excluding hydrogens is 333 g/mol. The van der Waals surface area contributed by atoms with Crippen LogP contribution in [0.2, 0.25) is 10.0 Å². The summed E-state index contributed by atoms with van der Waals surface area (Å²) >= 11 is 18.4. The number of aryl methyl sites for hydroxylation is 1. The molecule has 0 radical (unpaired) electrons. The predicted molar refractivity (Wildman–Crippen MR) is 84.4 cm³/mol. The third kappa shape index (κ3) is 2.76. The van der Waals surface area contributed by atoms with Gasteiger partial charge in [-0.1, -0.05) is 28.4 Å². The summed E-state index contributed by atoms with van der Waals surface area (Å²) in [4.78, 5) is 4.54. The van der Waals surface area contributed by atoms with Gasteiger partial charge < -0.3 is 9.09 Å². The zero-order valence-electron chi connectivity index (χ0n) is 11.4. The van der Waals surface area contributed by atoms with Crippen LogP contribution in [0, 0.1) is 6.92 Å². The summed E-state index contributed by atoms with van der Waals surface area (Å²) in [6.45, 7) is 4.23. The fourth-order valence-corrected chi connectivity index (χ4v) is 2.74. The minimum absolute atomic E-state index is 0.251. The van der Waals surface area contributed by atoms with E-state index >= 15 is 0 Å². The zero-order valence-corrected chi connectivity index (χ0v) is 13.7. The summed E-state index contributed by atoms with van der Waals surface area (Å²) in [5.41, 5.74) is 2.44. The second-order valence-corrected chi connectivity index (χ2v) is 6.33. The van der Waals surface area contributed by atoms with Crippen molar-refractivity contribution in [1.29, 1.82) is 0 Å².